The quantitative estimate of drug-likeness (QED) is 0.138. The van der Waals surface area contributed by atoms with E-state index in [-0.39, 0.29) is 0 Å². The number of rotatable bonds is 3. The molecule has 0 fully saturated rings. The van der Waals surface area contributed by atoms with Crippen molar-refractivity contribution in [2.75, 3.05) is 0 Å². The zero-order valence-corrected chi connectivity index (χ0v) is 26.7. The normalized spacial score (nSPS) is 17.0. The fourth-order valence-electron chi connectivity index (χ4n) is 8.89. The van der Waals surface area contributed by atoms with Crippen molar-refractivity contribution in [1.82, 2.24) is 0 Å². The van der Waals surface area contributed by atoms with E-state index in [1.54, 1.807) is 0 Å². The van der Waals surface area contributed by atoms with Crippen LogP contribution in [0.3, 0.4) is 0 Å². The second-order valence-corrected chi connectivity index (χ2v) is 13.5. The lowest BCUT2D eigenvalue weighted by molar-refractivity contribution is 0.564. The first-order valence-corrected chi connectivity index (χ1v) is 17.3. The van der Waals surface area contributed by atoms with Crippen molar-refractivity contribution in [3.05, 3.63) is 180 Å². The molecule has 48 heavy (non-hydrogen) atoms. The summed E-state index contributed by atoms with van der Waals surface area (Å²) in [7, 11) is 0. The maximum atomic E-state index is 2.57. The van der Waals surface area contributed by atoms with Gasteiger partial charge in [-0.3, -0.25) is 0 Å². The topological polar surface area (TPSA) is 0 Å². The number of hydrogen-bond acceptors (Lipinski definition) is 0. The van der Waals surface area contributed by atoms with Gasteiger partial charge in [-0.25, -0.2) is 0 Å². The molecule has 226 valence electrons. The predicted molar refractivity (Wildman–Crippen MR) is 206 cm³/mol. The van der Waals surface area contributed by atoms with Crippen LogP contribution in [0.4, 0.5) is 0 Å². The van der Waals surface area contributed by atoms with E-state index in [4.69, 9.17) is 0 Å². The first-order chi connectivity index (χ1) is 23.8. The Bertz CT molecular complexity index is 2680. The summed E-state index contributed by atoms with van der Waals surface area (Å²) < 4.78 is 0. The first-order valence-electron chi connectivity index (χ1n) is 17.3. The Labute approximate surface area is 280 Å². The van der Waals surface area contributed by atoms with Gasteiger partial charge in [-0.15, -0.1) is 0 Å². The Morgan fingerprint density at radius 2 is 1.10 bits per heavy atom. The molecule has 8 aromatic rings. The summed E-state index contributed by atoms with van der Waals surface area (Å²) in [6, 6.07) is 56.5. The van der Waals surface area contributed by atoms with Crippen LogP contribution in [0.15, 0.2) is 164 Å². The van der Waals surface area contributed by atoms with Crippen molar-refractivity contribution in [2.45, 2.75) is 18.8 Å². The summed E-state index contributed by atoms with van der Waals surface area (Å²) in [5, 5.41) is 13.3. The van der Waals surface area contributed by atoms with Crippen molar-refractivity contribution in [3.8, 4) is 22.3 Å². The van der Waals surface area contributed by atoms with E-state index in [1.165, 1.54) is 93.3 Å². The largest absolute Gasteiger partial charge is 0.0842 e. The van der Waals surface area contributed by atoms with Crippen molar-refractivity contribution >= 4 is 54.7 Å². The molecule has 0 heteroatoms. The highest BCUT2D eigenvalue weighted by Gasteiger charge is 2.31. The Morgan fingerprint density at radius 3 is 1.90 bits per heavy atom. The Balaban J connectivity index is 1.24. The van der Waals surface area contributed by atoms with Gasteiger partial charge in [-0.1, -0.05) is 158 Å². The van der Waals surface area contributed by atoms with Crippen LogP contribution in [-0.4, -0.2) is 0 Å². The molecule has 0 aliphatic heterocycles. The molecule has 0 heterocycles. The highest BCUT2D eigenvalue weighted by atomic mass is 14.3. The van der Waals surface area contributed by atoms with Gasteiger partial charge in [0.2, 0.25) is 0 Å². The maximum Gasteiger partial charge on any atom is 0.0109 e. The maximum absolute atomic E-state index is 2.57. The van der Waals surface area contributed by atoms with Crippen LogP contribution in [0, 0.1) is 5.92 Å². The Kier molecular flexibility index (Phi) is 6.24. The molecule has 2 aliphatic carbocycles. The lowest BCUT2D eigenvalue weighted by Crippen LogP contribution is -2.36. The molecule has 0 spiro atoms. The summed E-state index contributed by atoms with van der Waals surface area (Å²) >= 11 is 0. The highest BCUT2D eigenvalue weighted by molar-refractivity contribution is 6.17. The second-order valence-electron chi connectivity index (χ2n) is 13.5. The molecule has 8 aromatic carbocycles. The summed E-state index contributed by atoms with van der Waals surface area (Å²) in [5.41, 5.74) is 8.07. The molecule has 0 radical (unpaired) electrons. The van der Waals surface area contributed by atoms with E-state index in [0.29, 0.717) is 11.8 Å². The molecule has 0 nitrogen and oxygen atoms in total. The lowest BCUT2D eigenvalue weighted by atomic mass is 9.70. The molecule has 2 atom stereocenters. The van der Waals surface area contributed by atoms with Crippen molar-refractivity contribution < 1.29 is 0 Å². The van der Waals surface area contributed by atoms with E-state index in [0.717, 1.165) is 6.42 Å². The van der Waals surface area contributed by atoms with Crippen LogP contribution in [0.2, 0.25) is 0 Å². The van der Waals surface area contributed by atoms with E-state index >= 15 is 0 Å². The van der Waals surface area contributed by atoms with Gasteiger partial charge >= 0.3 is 0 Å². The third kappa shape index (κ3) is 4.16. The molecule has 0 bridgehead atoms. The van der Waals surface area contributed by atoms with Crippen molar-refractivity contribution in [3.63, 3.8) is 0 Å². The molecule has 0 N–H and O–H groups in total. The van der Waals surface area contributed by atoms with Gasteiger partial charge in [-0.2, -0.15) is 0 Å². The van der Waals surface area contributed by atoms with Gasteiger partial charge in [0.15, 0.2) is 0 Å². The van der Waals surface area contributed by atoms with Gasteiger partial charge in [0.05, 0.1) is 0 Å². The summed E-state index contributed by atoms with van der Waals surface area (Å²) in [4.78, 5) is 0. The van der Waals surface area contributed by atoms with Crippen molar-refractivity contribution in [1.29, 1.82) is 0 Å². The Hall–Kier alpha value is -5.72. The minimum atomic E-state index is 0.305. The number of hydrogen-bond donors (Lipinski definition) is 0. The van der Waals surface area contributed by atoms with Crippen LogP contribution in [0.25, 0.3) is 77.0 Å². The Morgan fingerprint density at radius 1 is 0.479 bits per heavy atom. The highest BCUT2D eigenvalue weighted by Crippen LogP contribution is 2.48. The summed E-state index contributed by atoms with van der Waals surface area (Å²) in [6.07, 6.45) is 9.66. The minimum absolute atomic E-state index is 0.305. The van der Waals surface area contributed by atoms with E-state index in [9.17, 15) is 0 Å². The average Bonchev–Trinajstić information content (AvgIpc) is 3.16. The molecule has 0 aromatic heterocycles. The zero-order chi connectivity index (χ0) is 31.6. The molecule has 0 saturated heterocycles. The molecule has 2 unspecified atom stereocenters. The fourth-order valence-corrected chi connectivity index (χ4v) is 8.89. The monoisotopic (exact) mass is 610 g/mol. The van der Waals surface area contributed by atoms with Crippen LogP contribution in [-0.2, 0) is 0 Å². The number of allylic oxidation sites excluding steroid dienone is 2. The van der Waals surface area contributed by atoms with Crippen LogP contribution in [0.1, 0.15) is 24.3 Å². The van der Waals surface area contributed by atoms with Crippen LogP contribution in [0.5, 0.6) is 0 Å². The molecule has 10 rings (SSSR count). The van der Waals surface area contributed by atoms with Gasteiger partial charge in [0, 0.05) is 5.92 Å². The van der Waals surface area contributed by atoms with E-state index < -0.39 is 0 Å². The molecule has 2 aliphatic rings. The zero-order valence-electron chi connectivity index (χ0n) is 26.7. The standard InChI is InChI=1S/C48H34/c1-3-18-35-32(14-1)29-45(39-22-7-5-20-37(35)39)31-16-13-17-34(28-31)47-41-24-9-11-26-43(41)48(44-27-12-10-25-42(44)47)46-30-33-15-2-4-19-36(33)38-21-6-8-23-40(38)46/h1-7,9-22,24-30,40,46H,8,23H2. The molecule has 0 amide bonds. The van der Waals surface area contributed by atoms with Crippen LogP contribution >= 0.6 is 0 Å². The van der Waals surface area contributed by atoms with E-state index in [1.807, 2.05) is 0 Å². The lowest BCUT2D eigenvalue weighted by Gasteiger charge is -2.33. The molecular formula is C48H34. The second kappa shape index (κ2) is 10.9. The first kappa shape index (κ1) is 27.4. The third-order valence-electron chi connectivity index (χ3n) is 10.9. The number of fused-ring (bicyclic) bond motifs is 7. The average molecular weight is 611 g/mol. The SMILES string of the molecule is C1=CC2=c3ccccc3=CC(c3c4ccccc4c(-c4cccc(-c5cc6ccccc6c6ccccc56)c4)c4ccccc34)C2CC1. The summed E-state index contributed by atoms with van der Waals surface area (Å²) in [6.45, 7) is 0. The predicted octanol–water partition coefficient (Wildman–Crippen LogP) is 11.3. The van der Waals surface area contributed by atoms with Crippen LogP contribution < -0.4 is 10.4 Å². The summed E-state index contributed by atoms with van der Waals surface area (Å²) in [5.74, 6) is 0.770. The molecule has 0 saturated carbocycles. The van der Waals surface area contributed by atoms with Gasteiger partial charge in [0.1, 0.15) is 0 Å². The van der Waals surface area contributed by atoms with Gasteiger partial charge < -0.3 is 0 Å². The fraction of sp³-hybridized carbons (Fsp3) is 0.0833. The van der Waals surface area contributed by atoms with E-state index in [2.05, 4.69) is 170 Å². The smallest absolute Gasteiger partial charge is 0.0109 e. The number of benzene rings is 8. The third-order valence-corrected chi connectivity index (χ3v) is 10.9. The van der Waals surface area contributed by atoms with Crippen molar-refractivity contribution in [2.24, 2.45) is 5.92 Å². The van der Waals surface area contributed by atoms with Gasteiger partial charge in [0.25, 0.3) is 0 Å². The minimum Gasteiger partial charge on any atom is -0.0842 e. The van der Waals surface area contributed by atoms with Gasteiger partial charge in [-0.05, 0) is 118 Å². The molecular weight excluding hydrogens is 577 g/mol.